The number of rotatable bonds is 6. The Bertz CT molecular complexity index is 3470. The number of fused-ring (bicyclic) bond motifs is 4. The summed E-state index contributed by atoms with van der Waals surface area (Å²) >= 11 is 0. The van der Waals surface area contributed by atoms with E-state index in [9.17, 15) is 0 Å². The minimum Gasteiger partial charge on any atom is -0.0616 e. The Labute approximate surface area is 440 Å². The van der Waals surface area contributed by atoms with Gasteiger partial charge in [0, 0.05) is 0 Å². The highest BCUT2D eigenvalue weighted by Crippen LogP contribution is 2.51. The zero-order valence-electron chi connectivity index (χ0n) is 45.6. The molecule has 0 spiro atoms. The Morgan fingerprint density at radius 1 is 0.203 bits per heavy atom. The molecule has 0 N–H and O–H groups in total. The van der Waals surface area contributed by atoms with Crippen LogP contribution in [0.1, 0.15) is 105 Å². The lowest BCUT2D eigenvalue weighted by molar-refractivity contribution is 0.590. The lowest BCUT2D eigenvalue weighted by Crippen LogP contribution is -2.10. The first kappa shape index (κ1) is 48.7. The van der Waals surface area contributed by atoms with Crippen LogP contribution in [0.5, 0.6) is 0 Å². The van der Waals surface area contributed by atoms with Crippen LogP contribution in [-0.2, 0) is 21.7 Å². The third kappa shape index (κ3) is 9.15. The molecule has 366 valence electrons. The molecule has 11 rings (SSSR count). The molecular formula is C74H70. The van der Waals surface area contributed by atoms with Crippen LogP contribution in [-0.4, -0.2) is 0 Å². The van der Waals surface area contributed by atoms with Crippen molar-refractivity contribution in [3.05, 3.63) is 229 Å². The molecule has 0 aromatic heterocycles. The lowest BCUT2D eigenvalue weighted by Gasteiger charge is -2.24. The van der Waals surface area contributed by atoms with Gasteiger partial charge in [-0.05, 0) is 190 Å². The molecule has 0 amide bonds. The van der Waals surface area contributed by atoms with Gasteiger partial charge in [-0.3, -0.25) is 0 Å². The molecule has 0 nitrogen and oxygen atoms in total. The minimum atomic E-state index is 0.0305. The maximum Gasteiger partial charge on any atom is -0.00257 e. The van der Waals surface area contributed by atoms with Gasteiger partial charge in [0.25, 0.3) is 0 Å². The van der Waals surface area contributed by atoms with Gasteiger partial charge in [0.15, 0.2) is 0 Å². The predicted octanol–water partition coefficient (Wildman–Crippen LogP) is 21.5. The molecule has 0 heteroatoms. The average molecular weight is 959 g/mol. The van der Waals surface area contributed by atoms with Crippen molar-refractivity contribution >= 4 is 43.1 Å². The summed E-state index contributed by atoms with van der Waals surface area (Å²) in [5.41, 5.74) is 20.1. The highest BCUT2D eigenvalue weighted by molar-refractivity contribution is 6.25. The molecule has 0 heterocycles. The molecule has 74 heavy (non-hydrogen) atoms. The van der Waals surface area contributed by atoms with Crippen molar-refractivity contribution in [2.75, 3.05) is 0 Å². The van der Waals surface area contributed by atoms with E-state index in [0.717, 1.165) is 0 Å². The second kappa shape index (κ2) is 18.1. The normalized spacial score (nSPS) is 12.6. The van der Waals surface area contributed by atoms with Gasteiger partial charge < -0.3 is 0 Å². The standard InChI is InChI=1S/C74H70/c1-71(2,3)57-33-25-49(26-34-57)61-43-65-66(44-62(61)50-27-35-58(36-28-50)72(4,5)6)70(56-24-22-48-18-14-16-20-54(48)42-56)68-46-64(52-31-39-60(40-32-52)74(10,11)12)63(51-29-37-59(38-30-51)73(7,8)9)45-67(68)69(65)55-23-21-47-17-13-15-19-53(47)41-55/h13-46H,1-12H3. The summed E-state index contributed by atoms with van der Waals surface area (Å²) < 4.78 is 0. The molecule has 0 unspecified atom stereocenters. The predicted molar refractivity (Wildman–Crippen MR) is 324 cm³/mol. The summed E-state index contributed by atoms with van der Waals surface area (Å²) in [6, 6.07) is 79.5. The maximum absolute atomic E-state index is 2.54. The fourth-order valence-corrected chi connectivity index (χ4v) is 11.2. The van der Waals surface area contributed by atoms with Crippen molar-refractivity contribution in [3.63, 3.8) is 0 Å². The van der Waals surface area contributed by atoms with Gasteiger partial charge >= 0.3 is 0 Å². The summed E-state index contributed by atoms with van der Waals surface area (Å²) in [4.78, 5) is 0. The fourth-order valence-electron chi connectivity index (χ4n) is 11.2. The van der Waals surface area contributed by atoms with Crippen molar-refractivity contribution in [3.8, 4) is 66.8 Å². The van der Waals surface area contributed by atoms with Crippen LogP contribution in [0.25, 0.3) is 110 Å². The van der Waals surface area contributed by atoms with Crippen LogP contribution in [0.3, 0.4) is 0 Å². The number of hydrogen-bond acceptors (Lipinski definition) is 0. The molecule has 11 aromatic carbocycles. The van der Waals surface area contributed by atoms with Crippen molar-refractivity contribution in [1.82, 2.24) is 0 Å². The van der Waals surface area contributed by atoms with E-state index in [0.29, 0.717) is 0 Å². The zero-order chi connectivity index (χ0) is 51.9. The molecule has 0 saturated heterocycles. The molecule has 0 atom stereocenters. The van der Waals surface area contributed by atoms with Crippen LogP contribution in [0.2, 0.25) is 0 Å². The first-order valence-corrected chi connectivity index (χ1v) is 26.7. The Balaban J connectivity index is 1.34. The Hall–Kier alpha value is -7.54. The first-order chi connectivity index (χ1) is 35.2. The van der Waals surface area contributed by atoms with Crippen molar-refractivity contribution in [2.45, 2.75) is 105 Å². The van der Waals surface area contributed by atoms with E-state index in [1.54, 1.807) is 0 Å². The van der Waals surface area contributed by atoms with Crippen LogP contribution >= 0.6 is 0 Å². The summed E-state index contributed by atoms with van der Waals surface area (Å²) in [6.45, 7) is 27.6. The number of benzene rings is 11. The zero-order valence-corrected chi connectivity index (χ0v) is 45.6. The van der Waals surface area contributed by atoms with E-state index < -0.39 is 0 Å². The smallest absolute Gasteiger partial charge is 0.00257 e. The lowest BCUT2D eigenvalue weighted by atomic mass is 9.79. The Morgan fingerprint density at radius 3 is 0.649 bits per heavy atom. The van der Waals surface area contributed by atoms with E-state index in [4.69, 9.17) is 0 Å². The maximum atomic E-state index is 2.54. The van der Waals surface area contributed by atoms with Gasteiger partial charge in [-0.15, -0.1) is 0 Å². The van der Waals surface area contributed by atoms with Gasteiger partial charge in [-0.25, -0.2) is 0 Å². The average Bonchev–Trinajstić information content (AvgIpc) is 3.38. The molecule has 11 aromatic rings. The summed E-state index contributed by atoms with van der Waals surface area (Å²) in [7, 11) is 0. The summed E-state index contributed by atoms with van der Waals surface area (Å²) in [6.07, 6.45) is 0. The first-order valence-electron chi connectivity index (χ1n) is 26.7. The summed E-state index contributed by atoms with van der Waals surface area (Å²) in [5.74, 6) is 0. The van der Waals surface area contributed by atoms with Crippen LogP contribution in [0.4, 0.5) is 0 Å². The van der Waals surface area contributed by atoms with Crippen molar-refractivity contribution in [1.29, 1.82) is 0 Å². The Morgan fingerprint density at radius 2 is 0.419 bits per heavy atom. The SMILES string of the molecule is CC(C)(C)c1ccc(-c2cc3c(-c4ccc5ccccc5c4)c4cc(-c5ccc(C(C)(C)C)cc5)c(-c5ccc(C(C)(C)C)cc5)cc4c(-c4ccc5ccccc5c4)c3cc2-c2ccc(C(C)(C)C)cc2)cc1. The largest absolute Gasteiger partial charge is 0.0616 e. The van der Waals surface area contributed by atoms with Gasteiger partial charge in [-0.1, -0.05) is 253 Å². The van der Waals surface area contributed by atoms with Gasteiger partial charge in [0.2, 0.25) is 0 Å². The highest BCUT2D eigenvalue weighted by atomic mass is 14.3. The molecule has 0 aliphatic heterocycles. The molecular weight excluding hydrogens is 889 g/mol. The second-order valence-corrected chi connectivity index (χ2v) is 25.1. The van der Waals surface area contributed by atoms with Gasteiger partial charge in [0.05, 0.1) is 0 Å². The molecule has 0 aliphatic rings. The quantitative estimate of drug-likeness (QED) is 0.146. The molecule has 0 radical (unpaired) electrons. The molecule has 0 bridgehead atoms. The third-order valence-corrected chi connectivity index (χ3v) is 15.7. The van der Waals surface area contributed by atoms with E-state index in [2.05, 4.69) is 289 Å². The topological polar surface area (TPSA) is 0 Å². The van der Waals surface area contributed by atoms with E-state index >= 15 is 0 Å². The van der Waals surface area contributed by atoms with Crippen LogP contribution in [0, 0.1) is 0 Å². The van der Waals surface area contributed by atoms with E-state index in [1.807, 2.05) is 0 Å². The van der Waals surface area contributed by atoms with Gasteiger partial charge in [0.1, 0.15) is 0 Å². The van der Waals surface area contributed by atoms with Crippen molar-refractivity contribution in [2.24, 2.45) is 0 Å². The van der Waals surface area contributed by atoms with Crippen LogP contribution in [0.15, 0.2) is 206 Å². The van der Waals surface area contributed by atoms with E-state index in [-0.39, 0.29) is 21.7 Å². The second-order valence-electron chi connectivity index (χ2n) is 25.1. The molecule has 0 fully saturated rings. The monoisotopic (exact) mass is 959 g/mol. The highest BCUT2D eigenvalue weighted by Gasteiger charge is 2.25. The van der Waals surface area contributed by atoms with E-state index in [1.165, 1.54) is 132 Å². The van der Waals surface area contributed by atoms with Crippen molar-refractivity contribution < 1.29 is 0 Å². The fraction of sp³-hybridized carbons (Fsp3) is 0.216. The molecule has 0 aliphatic carbocycles. The van der Waals surface area contributed by atoms with Gasteiger partial charge in [-0.2, -0.15) is 0 Å². The third-order valence-electron chi connectivity index (χ3n) is 15.7. The minimum absolute atomic E-state index is 0.0305. The Kier molecular flexibility index (Phi) is 11.9. The number of hydrogen-bond donors (Lipinski definition) is 0. The molecule has 0 saturated carbocycles. The van der Waals surface area contributed by atoms with Crippen LogP contribution < -0.4 is 0 Å². The summed E-state index contributed by atoms with van der Waals surface area (Å²) in [5, 5.41) is 9.86.